The monoisotopic (exact) mass is 217 g/mol. The maximum Gasteiger partial charge on any atom is 0.322 e. The third-order valence-electron chi connectivity index (χ3n) is 2.61. The normalized spacial score (nSPS) is 20.2. The van der Waals surface area contributed by atoms with E-state index in [1.54, 1.807) is 0 Å². The number of rotatable bonds is 6. The summed E-state index contributed by atoms with van der Waals surface area (Å²) < 4.78 is 5.32. The van der Waals surface area contributed by atoms with Crippen LogP contribution >= 0.6 is 11.8 Å². The second kappa shape index (κ2) is 5.03. The van der Waals surface area contributed by atoms with E-state index in [9.17, 15) is 4.79 Å². The Morgan fingerprint density at radius 2 is 2.29 bits per heavy atom. The van der Waals surface area contributed by atoms with E-state index in [0.29, 0.717) is 11.4 Å². The summed E-state index contributed by atoms with van der Waals surface area (Å²) in [5.41, 5.74) is 0. The van der Waals surface area contributed by atoms with Gasteiger partial charge in [0.15, 0.2) is 0 Å². The van der Waals surface area contributed by atoms with Crippen LogP contribution in [0.5, 0.6) is 0 Å². The second-order valence-corrected chi connectivity index (χ2v) is 5.02. The van der Waals surface area contributed by atoms with Crippen LogP contribution in [0.1, 0.15) is 26.7 Å². The summed E-state index contributed by atoms with van der Waals surface area (Å²) in [7, 11) is 0. The molecule has 0 heterocycles. The largest absolute Gasteiger partial charge is 0.465 e. The minimum absolute atomic E-state index is 0.149. The Hall–Kier alpha value is -0.220. The number of thioether (sulfide) groups is 1. The highest BCUT2D eigenvalue weighted by Crippen LogP contribution is 2.46. The van der Waals surface area contributed by atoms with Crippen LogP contribution in [0.2, 0.25) is 0 Å². The van der Waals surface area contributed by atoms with E-state index in [1.807, 2.05) is 25.6 Å². The molecule has 0 amide bonds. The lowest BCUT2D eigenvalue weighted by Gasteiger charge is -2.17. The lowest BCUT2D eigenvalue weighted by Crippen LogP contribution is -2.39. The van der Waals surface area contributed by atoms with Crippen molar-refractivity contribution in [2.75, 3.05) is 19.4 Å². The summed E-state index contributed by atoms with van der Waals surface area (Å²) in [6, 6.07) is -0.181. The zero-order chi connectivity index (χ0) is 10.6. The molecule has 0 saturated heterocycles. The third kappa shape index (κ3) is 3.17. The summed E-state index contributed by atoms with van der Waals surface area (Å²) in [5.74, 6) is -0.149. The summed E-state index contributed by atoms with van der Waals surface area (Å²) in [6.07, 6.45) is 4.65. The van der Waals surface area contributed by atoms with Gasteiger partial charge in [-0.3, -0.25) is 4.79 Å². The van der Waals surface area contributed by atoms with Crippen molar-refractivity contribution in [1.29, 1.82) is 0 Å². The van der Waals surface area contributed by atoms with Crippen molar-refractivity contribution >= 4 is 17.7 Å². The van der Waals surface area contributed by atoms with Crippen LogP contribution in [0.25, 0.3) is 0 Å². The Morgan fingerprint density at radius 1 is 1.64 bits per heavy atom. The molecule has 1 N–H and O–H groups in total. The number of hydrogen-bond donors (Lipinski definition) is 1. The third-order valence-corrected chi connectivity index (χ3v) is 4.03. The van der Waals surface area contributed by atoms with Gasteiger partial charge in [-0.25, -0.2) is 0 Å². The summed E-state index contributed by atoms with van der Waals surface area (Å²) in [6.45, 7) is 5.05. The highest BCUT2D eigenvalue weighted by Gasteiger charge is 2.41. The van der Waals surface area contributed by atoms with E-state index >= 15 is 0 Å². The molecule has 0 aromatic carbocycles. The second-order valence-electron chi connectivity index (χ2n) is 3.74. The number of hydrogen-bond acceptors (Lipinski definition) is 4. The summed E-state index contributed by atoms with van der Waals surface area (Å²) >= 11 is 1.89. The molecule has 14 heavy (non-hydrogen) atoms. The lowest BCUT2D eigenvalue weighted by molar-refractivity contribution is -0.145. The molecule has 0 aliphatic heterocycles. The molecule has 1 saturated carbocycles. The molecular weight excluding hydrogens is 198 g/mol. The summed E-state index contributed by atoms with van der Waals surface area (Å²) in [5, 5.41) is 3.23. The van der Waals surface area contributed by atoms with Crippen LogP contribution in [-0.4, -0.2) is 36.2 Å². The van der Waals surface area contributed by atoms with Gasteiger partial charge in [-0.2, -0.15) is 11.8 Å². The highest BCUT2D eigenvalue weighted by atomic mass is 32.2. The van der Waals surface area contributed by atoms with Gasteiger partial charge in [0.05, 0.1) is 6.61 Å². The van der Waals surface area contributed by atoms with E-state index in [1.165, 1.54) is 12.8 Å². The van der Waals surface area contributed by atoms with Crippen LogP contribution in [0.15, 0.2) is 0 Å². The van der Waals surface area contributed by atoms with Gasteiger partial charge in [0.1, 0.15) is 6.04 Å². The Bertz CT molecular complexity index is 204. The fraction of sp³-hybridized carbons (Fsp3) is 0.900. The first-order valence-electron chi connectivity index (χ1n) is 5.09. The van der Waals surface area contributed by atoms with Crippen LogP contribution in [0.3, 0.4) is 0 Å². The zero-order valence-corrected chi connectivity index (χ0v) is 9.95. The number of esters is 1. The van der Waals surface area contributed by atoms with Crippen LogP contribution in [-0.2, 0) is 9.53 Å². The van der Waals surface area contributed by atoms with Crippen molar-refractivity contribution in [3.8, 4) is 0 Å². The Balaban J connectivity index is 2.20. The Morgan fingerprint density at radius 3 is 2.71 bits per heavy atom. The van der Waals surface area contributed by atoms with Gasteiger partial charge in [0, 0.05) is 11.3 Å². The van der Waals surface area contributed by atoms with Gasteiger partial charge in [-0.1, -0.05) is 0 Å². The molecule has 1 aliphatic carbocycles. The molecule has 0 bridgehead atoms. The molecule has 0 radical (unpaired) electrons. The molecule has 1 fully saturated rings. The molecule has 1 aliphatic rings. The SMILES string of the molecule is CCOC(=O)C(C)NCC1(SC)CC1. The molecule has 4 heteroatoms. The van der Waals surface area contributed by atoms with E-state index in [4.69, 9.17) is 4.74 Å². The molecule has 0 aromatic heterocycles. The van der Waals surface area contributed by atoms with E-state index in [-0.39, 0.29) is 12.0 Å². The standard InChI is InChI=1S/C10H19NO2S/c1-4-13-9(12)8(2)11-7-10(14-3)5-6-10/h8,11H,4-7H2,1-3H3. The fourth-order valence-electron chi connectivity index (χ4n) is 1.28. The first kappa shape index (κ1) is 11.9. The van der Waals surface area contributed by atoms with E-state index in [0.717, 1.165) is 6.54 Å². The maximum atomic E-state index is 11.3. The molecule has 3 nitrogen and oxygen atoms in total. The number of carbonyl (C=O) groups excluding carboxylic acids is 1. The van der Waals surface area contributed by atoms with E-state index in [2.05, 4.69) is 11.6 Å². The minimum Gasteiger partial charge on any atom is -0.465 e. The fourth-order valence-corrected chi connectivity index (χ4v) is 2.02. The van der Waals surface area contributed by atoms with Crippen molar-refractivity contribution in [3.05, 3.63) is 0 Å². The highest BCUT2D eigenvalue weighted by molar-refractivity contribution is 8.00. The summed E-state index contributed by atoms with van der Waals surface area (Å²) in [4.78, 5) is 11.3. The maximum absolute atomic E-state index is 11.3. The van der Waals surface area contributed by atoms with Gasteiger partial charge < -0.3 is 10.1 Å². The number of nitrogens with one attached hydrogen (secondary N) is 1. The van der Waals surface area contributed by atoms with Gasteiger partial charge in [0.25, 0.3) is 0 Å². The Labute approximate surface area is 90.0 Å². The molecule has 1 unspecified atom stereocenters. The topological polar surface area (TPSA) is 38.3 Å². The Kier molecular flexibility index (Phi) is 4.26. The molecule has 0 aromatic rings. The predicted molar refractivity (Wildman–Crippen MR) is 59.6 cm³/mol. The smallest absolute Gasteiger partial charge is 0.322 e. The van der Waals surface area contributed by atoms with Crippen molar-refractivity contribution in [2.45, 2.75) is 37.5 Å². The quantitative estimate of drug-likeness (QED) is 0.683. The van der Waals surface area contributed by atoms with Crippen LogP contribution < -0.4 is 5.32 Å². The first-order valence-corrected chi connectivity index (χ1v) is 6.31. The number of carbonyl (C=O) groups is 1. The van der Waals surface area contributed by atoms with Gasteiger partial charge >= 0.3 is 5.97 Å². The van der Waals surface area contributed by atoms with Gasteiger partial charge in [-0.15, -0.1) is 0 Å². The first-order chi connectivity index (χ1) is 6.63. The molecule has 0 spiro atoms. The average molecular weight is 217 g/mol. The van der Waals surface area contributed by atoms with Gasteiger partial charge in [-0.05, 0) is 32.9 Å². The predicted octanol–water partition coefficient (Wildman–Crippen LogP) is 1.42. The van der Waals surface area contributed by atoms with Crippen molar-refractivity contribution in [2.24, 2.45) is 0 Å². The van der Waals surface area contributed by atoms with Crippen molar-refractivity contribution < 1.29 is 9.53 Å². The molecular formula is C10H19NO2S. The lowest BCUT2D eigenvalue weighted by atomic mass is 10.3. The number of ether oxygens (including phenoxy) is 1. The van der Waals surface area contributed by atoms with Crippen LogP contribution in [0.4, 0.5) is 0 Å². The minimum atomic E-state index is -0.181. The van der Waals surface area contributed by atoms with Gasteiger partial charge in [0.2, 0.25) is 0 Å². The molecule has 82 valence electrons. The van der Waals surface area contributed by atoms with E-state index < -0.39 is 0 Å². The molecule has 1 atom stereocenters. The van der Waals surface area contributed by atoms with Crippen molar-refractivity contribution in [3.63, 3.8) is 0 Å². The average Bonchev–Trinajstić information content (AvgIpc) is 2.95. The van der Waals surface area contributed by atoms with Crippen molar-refractivity contribution in [1.82, 2.24) is 5.32 Å². The molecule has 1 rings (SSSR count). The van der Waals surface area contributed by atoms with Crippen LogP contribution in [0, 0.1) is 0 Å². The zero-order valence-electron chi connectivity index (χ0n) is 9.13.